The maximum atomic E-state index is 12.5. The van der Waals surface area contributed by atoms with Gasteiger partial charge in [-0.1, -0.05) is 35.9 Å². The fourth-order valence-electron chi connectivity index (χ4n) is 2.79. The first-order valence-corrected chi connectivity index (χ1v) is 9.76. The number of aromatic amines is 1. The number of carbonyl (C=O) groups excluding carboxylic acids is 1. The molecule has 1 atom stereocenters. The minimum atomic E-state index is -0.689. The summed E-state index contributed by atoms with van der Waals surface area (Å²) in [6.07, 6.45) is -0.689. The van der Waals surface area contributed by atoms with Gasteiger partial charge in [-0.15, -0.1) is 11.3 Å². The zero-order valence-corrected chi connectivity index (χ0v) is 16.4. The number of benzene rings is 2. The highest BCUT2D eigenvalue weighted by molar-refractivity contribution is 7.17. The maximum Gasteiger partial charge on any atom is 0.349 e. The standard InChI is InChI=1S/C21H15ClN2O3S/c1-12(19-23-16-5-3-2-4-15(16)20(25)24-19)27-21(26)18-11-10-17(28-18)13-6-8-14(22)9-7-13/h2-12H,1H3,(H,23,24,25)/t12-/m0/s1. The Hall–Kier alpha value is -2.96. The Labute approximate surface area is 169 Å². The van der Waals surface area contributed by atoms with Crippen molar-refractivity contribution in [1.82, 2.24) is 9.97 Å². The molecule has 7 heteroatoms. The van der Waals surface area contributed by atoms with Crippen molar-refractivity contribution in [2.75, 3.05) is 0 Å². The van der Waals surface area contributed by atoms with Crippen LogP contribution in [0.4, 0.5) is 0 Å². The van der Waals surface area contributed by atoms with Gasteiger partial charge in [-0.2, -0.15) is 0 Å². The molecule has 2 heterocycles. The topological polar surface area (TPSA) is 72.0 Å². The van der Waals surface area contributed by atoms with Gasteiger partial charge in [0.1, 0.15) is 4.88 Å². The predicted molar refractivity (Wildman–Crippen MR) is 111 cm³/mol. The summed E-state index contributed by atoms with van der Waals surface area (Å²) in [6.45, 7) is 1.68. The lowest BCUT2D eigenvalue weighted by atomic mass is 10.2. The van der Waals surface area contributed by atoms with Crippen LogP contribution in [-0.4, -0.2) is 15.9 Å². The van der Waals surface area contributed by atoms with Crippen LogP contribution in [0.5, 0.6) is 0 Å². The third-order valence-electron chi connectivity index (χ3n) is 4.24. The molecule has 0 aliphatic heterocycles. The van der Waals surface area contributed by atoms with Crippen molar-refractivity contribution < 1.29 is 9.53 Å². The highest BCUT2D eigenvalue weighted by Gasteiger charge is 2.18. The average molecular weight is 411 g/mol. The van der Waals surface area contributed by atoms with Gasteiger partial charge in [-0.3, -0.25) is 4.79 Å². The summed E-state index contributed by atoms with van der Waals surface area (Å²) in [5.41, 5.74) is 1.27. The van der Waals surface area contributed by atoms with Gasteiger partial charge in [0.2, 0.25) is 0 Å². The number of nitrogens with zero attached hydrogens (tertiary/aromatic N) is 1. The molecule has 5 nitrogen and oxygen atoms in total. The Morgan fingerprint density at radius 1 is 1.11 bits per heavy atom. The molecule has 28 heavy (non-hydrogen) atoms. The fraction of sp³-hybridized carbons (Fsp3) is 0.0952. The summed E-state index contributed by atoms with van der Waals surface area (Å²) in [7, 11) is 0. The van der Waals surface area contributed by atoms with Gasteiger partial charge in [0.05, 0.1) is 10.9 Å². The van der Waals surface area contributed by atoms with Crippen LogP contribution in [0.1, 0.15) is 28.5 Å². The number of carbonyl (C=O) groups is 1. The largest absolute Gasteiger partial charge is 0.450 e. The van der Waals surface area contributed by atoms with E-state index in [2.05, 4.69) is 9.97 Å². The quantitative estimate of drug-likeness (QED) is 0.468. The van der Waals surface area contributed by atoms with Crippen LogP contribution in [-0.2, 0) is 4.74 Å². The first-order valence-electron chi connectivity index (χ1n) is 8.57. The van der Waals surface area contributed by atoms with Crippen molar-refractivity contribution in [2.45, 2.75) is 13.0 Å². The molecule has 0 saturated carbocycles. The molecular weight excluding hydrogens is 396 g/mol. The van der Waals surface area contributed by atoms with Crippen LogP contribution in [0.25, 0.3) is 21.3 Å². The van der Waals surface area contributed by atoms with Crippen molar-refractivity contribution in [3.8, 4) is 10.4 Å². The minimum absolute atomic E-state index is 0.260. The van der Waals surface area contributed by atoms with Gasteiger partial charge < -0.3 is 9.72 Å². The zero-order valence-electron chi connectivity index (χ0n) is 14.8. The van der Waals surface area contributed by atoms with Crippen LogP contribution in [0, 0.1) is 0 Å². The third-order valence-corrected chi connectivity index (χ3v) is 5.60. The molecule has 0 amide bonds. The molecule has 0 spiro atoms. The second kappa shape index (κ2) is 7.58. The number of para-hydroxylation sites is 1. The SMILES string of the molecule is C[C@H](OC(=O)c1ccc(-c2ccc(Cl)cc2)s1)c1nc2ccccc2c(=O)[nH]1. The Morgan fingerprint density at radius 3 is 2.64 bits per heavy atom. The van der Waals surface area contributed by atoms with E-state index in [0.717, 1.165) is 10.4 Å². The molecule has 0 saturated heterocycles. The summed E-state index contributed by atoms with van der Waals surface area (Å²) in [4.78, 5) is 33.2. The fourth-order valence-corrected chi connectivity index (χ4v) is 3.81. The Bertz CT molecular complexity index is 1210. The van der Waals surface area contributed by atoms with E-state index in [9.17, 15) is 9.59 Å². The lowest BCUT2D eigenvalue weighted by molar-refractivity contribution is 0.0326. The van der Waals surface area contributed by atoms with E-state index >= 15 is 0 Å². The molecule has 140 valence electrons. The van der Waals surface area contributed by atoms with Gasteiger partial charge >= 0.3 is 5.97 Å². The van der Waals surface area contributed by atoms with Crippen molar-refractivity contribution >= 4 is 39.8 Å². The number of H-pyrrole nitrogens is 1. The van der Waals surface area contributed by atoms with Gasteiger partial charge in [0, 0.05) is 9.90 Å². The Kier molecular flexibility index (Phi) is 4.98. The van der Waals surface area contributed by atoms with Gasteiger partial charge in [-0.25, -0.2) is 9.78 Å². The summed E-state index contributed by atoms with van der Waals surface area (Å²) >= 11 is 7.25. The van der Waals surface area contributed by atoms with E-state index in [1.54, 1.807) is 49.4 Å². The van der Waals surface area contributed by atoms with Crippen molar-refractivity contribution in [3.63, 3.8) is 0 Å². The maximum absolute atomic E-state index is 12.5. The van der Waals surface area contributed by atoms with E-state index in [0.29, 0.717) is 26.6 Å². The normalized spacial score (nSPS) is 12.1. The molecule has 4 aromatic rings. The number of aromatic nitrogens is 2. The second-order valence-electron chi connectivity index (χ2n) is 6.19. The summed E-state index contributed by atoms with van der Waals surface area (Å²) in [6, 6.07) is 18.0. The molecule has 0 radical (unpaired) electrons. The van der Waals surface area contributed by atoms with E-state index in [4.69, 9.17) is 16.3 Å². The molecule has 4 rings (SSSR count). The smallest absolute Gasteiger partial charge is 0.349 e. The number of fused-ring (bicyclic) bond motifs is 1. The molecule has 0 aliphatic carbocycles. The number of rotatable bonds is 4. The van der Waals surface area contributed by atoms with Crippen LogP contribution in [0.15, 0.2) is 65.5 Å². The Morgan fingerprint density at radius 2 is 1.86 bits per heavy atom. The average Bonchev–Trinajstić information content (AvgIpc) is 3.19. The summed E-state index contributed by atoms with van der Waals surface area (Å²) in [5, 5.41) is 1.15. The lowest BCUT2D eigenvalue weighted by Gasteiger charge is -2.12. The zero-order chi connectivity index (χ0) is 19.7. The molecule has 0 aliphatic rings. The van der Waals surface area contributed by atoms with Crippen LogP contribution in [0.3, 0.4) is 0 Å². The van der Waals surface area contributed by atoms with Gasteiger partial charge in [-0.05, 0) is 48.9 Å². The van der Waals surface area contributed by atoms with Crippen molar-refractivity contribution in [1.29, 1.82) is 0 Å². The van der Waals surface area contributed by atoms with E-state index in [1.165, 1.54) is 11.3 Å². The van der Waals surface area contributed by atoms with Crippen molar-refractivity contribution in [3.05, 3.63) is 86.7 Å². The van der Waals surface area contributed by atoms with Crippen molar-refractivity contribution in [2.24, 2.45) is 0 Å². The van der Waals surface area contributed by atoms with E-state index in [1.807, 2.05) is 18.2 Å². The van der Waals surface area contributed by atoms with Gasteiger partial charge in [0.15, 0.2) is 11.9 Å². The van der Waals surface area contributed by atoms with E-state index < -0.39 is 12.1 Å². The minimum Gasteiger partial charge on any atom is -0.450 e. The van der Waals surface area contributed by atoms with Crippen LogP contribution < -0.4 is 5.56 Å². The number of hydrogen-bond acceptors (Lipinski definition) is 5. The molecule has 0 fully saturated rings. The molecule has 1 N–H and O–H groups in total. The number of hydrogen-bond donors (Lipinski definition) is 1. The number of halogens is 1. The first kappa shape index (κ1) is 18.4. The number of ether oxygens (including phenoxy) is 1. The molecule has 0 unspecified atom stereocenters. The highest BCUT2D eigenvalue weighted by atomic mass is 35.5. The second-order valence-corrected chi connectivity index (χ2v) is 7.71. The first-order chi connectivity index (χ1) is 13.5. The molecular formula is C21H15ClN2O3S. The summed E-state index contributed by atoms with van der Waals surface area (Å²) < 4.78 is 5.51. The van der Waals surface area contributed by atoms with Crippen LogP contribution in [0.2, 0.25) is 5.02 Å². The molecule has 2 aromatic carbocycles. The van der Waals surface area contributed by atoms with E-state index in [-0.39, 0.29) is 5.56 Å². The molecule has 2 aromatic heterocycles. The Balaban J connectivity index is 1.54. The summed E-state index contributed by atoms with van der Waals surface area (Å²) in [5.74, 6) is -0.153. The van der Waals surface area contributed by atoms with Gasteiger partial charge in [0.25, 0.3) is 5.56 Å². The lowest BCUT2D eigenvalue weighted by Crippen LogP contribution is -2.17. The number of nitrogens with one attached hydrogen (secondary N) is 1. The third kappa shape index (κ3) is 3.69. The highest BCUT2D eigenvalue weighted by Crippen LogP contribution is 2.30. The number of esters is 1. The molecule has 0 bridgehead atoms. The van der Waals surface area contributed by atoms with Crippen LogP contribution >= 0.6 is 22.9 Å². The monoisotopic (exact) mass is 410 g/mol. The number of thiophene rings is 1. The predicted octanol–water partition coefficient (Wildman–Crippen LogP) is 5.22.